The minimum absolute atomic E-state index is 0.372. The van der Waals surface area contributed by atoms with Crippen LogP contribution in [-0.2, 0) is 5.41 Å². The van der Waals surface area contributed by atoms with Gasteiger partial charge < -0.3 is 4.42 Å². The lowest BCUT2D eigenvalue weighted by molar-refractivity contribution is 0.575. The molecule has 5 aromatic carbocycles. The van der Waals surface area contributed by atoms with Crippen LogP contribution in [0.3, 0.4) is 0 Å². The van der Waals surface area contributed by atoms with E-state index >= 15 is 0 Å². The summed E-state index contributed by atoms with van der Waals surface area (Å²) in [6.45, 7) is 8.07. The lowest BCUT2D eigenvalue weighted by atomic mass is 9.69. The van der Waals surface area contributed by atoms with Crippen molar-refractivity contribution in [3.05, 3.63) is 172 Å². The van der Waals surface area contributed by atoms with E-state index < -0.39 is 0 Å². The smallest absolute Gasteiger partial charge is 0.164 e. The molecule has 7 aromatic rings. The van der Waals surface area contributed by atoms with Gasteiger partial charge in [-0.3, -0.25) is 0 Å². The highest BCUT2D eigenvalue weighted by Gasteiger charge is 2.53. The van der Waals surface area contributed by atoms with Gasteiger partial charge in [0.15, 0.2) is 5.82 Å². The molecule has 0 N–H and O–H groups in total. The normalized spacial score (nSPS) is 17.2. The Kier molecular flexibility index (Phi) is 7.73. The zero-order chi connectivity index (χ0) is 35.4. The van der Waals surface area contributed by atoms with E-state index in [1.807, 2.05) is 32.9 Å². The Morgan fingerprint density at radius 2 is 1.23 bits per heavy atom. The molecular weight excluding hydrogens is 633 g/mol. The van der Waals surface area contributed by atoms with Crippen molar-refractivity contribution in [2.45, 2.75) is 46.0 Å². The highest BCUT2D eigenvalue weighted by molar-refractivity contribution is 6.01. The molecule has 0 bridgehead atoms. The number of hydrogen-bond acceptors (Lipinski definition) is 3. The van der Waals surface area contributed by atoms with E-state index in [4.69, 9.17) is 14.4 Å². The summed E-state index contributed by atoms with van der Waals surface area (Å²) in [6.07, 6.45) is 11.2. The van der Waals surface area contributed by atoms with Crippen LogP contribution in [0.1, 0.15) is 62.8 Å². The second-order valence-electron chi connectivity index (χ2n) is 13.4. The van der Waals surface area contributed by atoms with Gasteiger partial charge in [0, 0.05) is 21.7 Å². The zero-order valence-corrected chi connectivity index (χ0v) is 30.1. The summed E-state index contributed by atoms with van der Waals surface area (Å²) >= 11 is 0. The predicted molar refractivity (Wildman–Crippen MR) is 216 cm³/mol. The molecule has 1 unspecified atom stereocenters. The number of rotatable bonds is 3. The summed E-state index contributed by atoms with van der Waals surface area (Å²) in [5, 5.41) is 2.16. The maximum atomic E-state index is 6.48. The number of benzene rings is 5. The first-order valence-corrected chi connectivity index (χ1v) is 18.6. The van der Waals surface area contributed by atoms with E-state index in [1.54, 1.807) is 0 Å². The van der Waals surface area contributed by atoms with Gasteiger partial charge in [0.1, 0.15) is 11.0 Å². The van der Waals surface area contributed by atoms with E-state index in [0.717, 1.165) is 62.5 Å². The number of furan rings is 1. The highest BCUT2D eigenvalue weighted by atomic mass is 16.3. The first kappa shape index (κ1) is 31.9. The fourth-order valence-corrected chi connectivity index (χ4v) is 8.81. The first-order valence-electron chi connectivity index (χ1n) is 18.6. The van der Waals surface area contributed by atoms with E-state index in [-0.39, 0.29) is 5.41 Å². The van der Waals surface area contributed by atoms with Gasteiger partial charge in [-0.2, -0.15) is 0 Å². The molecule has 3 aliphatic carbocycles. The van der Waals surface area contributed by atoms with Crippen molar-refractivity contribution in [1.29, 1.82) is 0 Å². The Labute approximate surface area is 305 Å². The molecule has 3 aliphatic rings. The van der Waals surface area contributed by atoms with Crippen LogP contribution < -0.4 is 10.6 Å². The minimum atomic E-state index is -0.372. The molecular formula is C49H40N2O. The first-order chi connectivity index (χ1) is 25.7. The number of nitrogens with zero attached hydrogens (tertiary/aromatic N) is 2. The van der Waals surface area contributed by atoms with Crippen LogP contribution in [0, 0.1) is 0 Å². The van der Waals surface area contributed by atoms with Crippen LogP contribution in [0.15, 0.2) is 143 Å². The number of allylic oxidation sites excluding steroid dienone is 4. The molecule has 52 heavy (non-hydrogen) atoms. The van der Waals surface area contributed by atoms with Crippen molar-refractivity contribution >= 4 is 28.7 Å². The Balaban J connectivity index is 0.00000177. The monoisotopic (exact) mass is 672 g/mol. The molecule has 0 aliphatic heterocycles. The van der Waals surface area contributed by atoms with Crippen molar-refractivity contribution in [2.75, 3.05) is 0 Å². The number of fused-ring (bicyclic) bond motifs is 11. The van der Waals surface area contributed by atoms with Crippen LogP contribution in [0.25, 0.3) is 73.7 Å². The number of para-hydroxylation sites is 1. The second-order valence-corrected chi connectivity index (χ2v) is 13.4. The van der Waals surface area contributed by atoms with Crippen LogP contribution in [0.2, 0.25) is 0 Å². The van der Waals surface area contributed by atoms with Crippen LogP contribution >= 0.6 is 0 Å². The molecule has 2 aromatic heterocycles. The predicted octanol–water partition coefficient (Wildman–Crippen LogP) is 11.3. The van der Waals surface area contributed by atoms with Crippen molar-refractivity contribution in [3.63, 3.8) is 0 Å². The topological polar surface area (TPSA) is 38.9 Å². The lowest BCUT2D eigenvalue weighted by Crippen LogP contribution is -2.26. The van der Waals surface area contributed by atoms with Crippen molar-refractivity contribution in [2.24, 2.45) is 0 Å². The molecule has 1 spiro atoms. The quantitative estimate of drug-likeness (QED) is 0.188. The third kappa shape index (κ3) is 4.52. The van der Waals surface area contributed by atoms with Gasteiger partial charge in [-0.1, -0.05) is 135 Å². The standard InChI is InChI=1S/C47H34N2O.C2H6/c1-3-31-36-20-14-21-37(45(36)50-44(31)4-2)46-48-42(29-15-6-5-7-16-29)28-43(49-46)30-25-26-35-34-19-10-13-24-40(34)47(41(35)27-30)38-22-11-8-17-32(38)33-18-9-12-23-39(33)47;1-2/h3-8,10-11,13-28H,9,12H2,1-2H3;1-2H3/b31-3-,44-4+;. The van der Waals surface area contributed by atoms with Crippen molar-refractivity contribution in [1.82, 2.24) is 9.97 Å². The molecule has 0 saturated heterocycles. The summed E-state index contributed by atoms with van der Waals surface area (Å²) in [6, 6.07) is 43.8. The lowest BCUT2D eigenvalue weighted by Gasteiger charge is -2.32. The molecule has 0 fully saturated rings. The number of aromatic nitrogens is 2. The van der Waals surface area contributed by atoms with Crippen molar-refractivity contribution in [3.8, 4) is 45.0 Å². The zero-order valence-electron chi connectivity index (χ0n) is 30.1. The third-order valence-electron chi connectivity index (χ3n) is 10.9. The van der Waals surface area contributed by atoms with E-state index in [0.29, 0.717) is 5.82 Å². The average molecular weight is 673 g/mol. The Hall–Kier alpha value is -6.06. The Bertz CT molecular complexity index is 2730. The molecule has 252 valence electrons. The summed E-state index contributed by atoms with van der Waals surface area (Å²) in [4.78, 5) is 10.5. The molecule has 0 amide bonds. The van der Waals surface area contributed by atoms with Gasteiger partial charge in [0.25, 0.3) is 0 Å². The molecule has 10 rings (SSSR count). The van der Waals surface area contributed by atoms with Crippen molar-refractivity contribution < 1.29 is 4.42 Å². The molecule has 0 radical (unpaired) electrons. The Morgan fingerprint density at radius 3 is 2.00 bits per heavy atom. The second kappa shape index (κ2) is 12.6. The van der Waals surface area contributed by atoms with Gasteiger partial charge in [-0.05, 0) is 95.5 Å². The number of hydrogen-bond donors (Lipinski definition) is 0. The largest absolute Gasteiger partial charge is 0.456 e. The van der Waals surface area contributed by atoms with E-state index in [2.05, 4.69) is 140 Å². The van der Waals surface area contributed by atoms with Gasteiger partial charge in [-0.15, -0.1) is 0 Å². The van der Waals surface area contributed by atoms with E-state index in [1.165, 1.54) is 44.5 Å². The molecule has 3 nitrogen and oxygen atoms in total. The Morgan fingerprint density at radius 1 is 0.577 bits per heavy atom. The maximum Gasteiger partial charge on any atom is 0.164 e. The fraction of sp³-hybridized carbons (Fsp3) is 0.143. The van der Waals surface area contributed by atoms with Gasteiger partial charge >= 0.3 is 0 Å². The average Bonchev–Trinajstić information content (AvgIpc) is 3.85. The van der Waals surface area contributed by atoms with Crippen LogP contribution in [0.4, 0.5) is 0 Å². The maximum absolute atomic E-state index is 6.48. The summed E-state index contributed by atoms with van der Waals surface area (Å²) in [7, 11) is 0. The molecule has 3 heteroatoms. The fourth-order valence-electron chi connectivity index (χ4n) is 8.81. The van der Waals surface area contributed by atoms with Gasteiger partial charge in [-0.25, -0.2) is 9.97 Å². The highest BCUT2D eigenvalue weighted by Crippen LogP contribution is 2.64. The van der Waals surface area contributed by atoms with Gasteiger partial charge in [0.05, 0.1) is 22.4 Å². The van der Waals surface area contributed by atoms with Gasteiger partial charge in [0.2, 0.25) is 0 Å². The van der Waals surface area contributed by atoms with Crippen LogP contribution in [-0.4, -0.2) is 9.97 Å². The minimum Gasteiger partial charge on any atom is -0.456 e. The third-order valence-corrected chi connectivity index (χ3v) is 10.9. The summed E-state index contributed by atoms with van der Waals surface area (Å²) in [5.41, 5.74) is 16.9. The SMILES string of the molecule is C/C=c1\c(=C/C)oc2c(-c3nc(-c4ccccc4)cc(-c4ccc5c(c4)C4(C6=CCCC=C6c6ccccc64)c4ccccc4-5)n3)cccc12.CC. The van der Waals surface area contributed by atoms with E-state index in [9.17, 15) is 0 Å². The molecule has 1 atom stereocenters. The van der Waals surface area contributed by atoms with Crippen LogP contribution in [0.5, 0.6) is 0 Å². The molecule has 0 saturated carbocycles. The summed E-state index contributed by atoms with van der Waals surface area (Å²) in [5.74, 6) is 0.649. The summed E-state index contributed by atoms with van der Waals surface area (Å²) < 4.78 is 6.48. The molecule has 2 heterocycles.